The van der Waals surface area contributed by atoms with Gasteiger partial charge in [-0.15, -0.1) is 16.4 Å². The SMILES string of the molecule is [B]c1c([B])c([B])c(C(N=C(N)c2ccccc2)=NCn2c3ccccc3c3ccc4c(c32)N(c2ccc(-c3ccccc3)cc2)C2=CCC(C)CC24)c([B])c1[B]. The van der Waals surface area contributed by atoms with Crippen LogP contribution in [-0.4, -0.2) is 55.5 Å². The molecular weight excluding hydrogens is 677 g/mol. The van der Waals surface area contributed by atoms with Crippen LogP contribution in [0.25, 0.3) is 32.9 Å². The molecule has 0 saturated heterocycles. The van der Waals surface area contributed by atoms with Gasteiger partial charge in [0.15, 0.2) is 5.84 Å². The molecule has 56 heavy (non-hydrogen) atoms. The number of aromatic nitrogens is 1. The minimum absolute atomic E-state index is 0.113. The molecule has 1 aromatic heterocycles. The number of para-hydroxylation sites is 1. The van der Waals surface area contributed by atoms with Crippen LogP contribution in [0.5, 0.6) is 0 Å². The van der Waals surface area contributed by atoms with Gasteiger partial charge >= 0.3 is 0 Å². The molecule has 2 N–H and O–H groups in total. The molecule has 2 unspecified atom stereocenters. The number of nitrogens with zero attached hydrogens (tertiary/aromatic N) is 4. The molecule has 5 nitrogen and oxygen atoms in total. The van der Waals surface area contributed by atoms with Crippen molar-refractivity contribution >= 4 is 111 Å². The van der Waals surface area contributed by atoms with Crippen LogP contribution in [-0.2, 0) is 6.67 Å². The lowest BCUT2D eigenvalue weighted by Crippen LogP contribution is -2.57. The molecule has 0 saturated carbocycles. The monoisotopic (exact) mass is 711 g/mol. The van der Waals surface area contributed by atoms with E-state index in [0.29, 0.717) is 11.5 Å². The van der Waals surface area contributed by atoms with Gasteiger partial charge < -0.3 is 15.2 Å². The van der Waals surface area contributed by atoms with Gasteiger partial charge in [0.05, 0.1) is 16.7 Å². The third-order valence-corrected chi connectivity index (χ3v) is 11.3. The molecular formula is C46H34B5N5. The van der Waals surface area contributed by atoms with Crippen LogP contribution < -0.4 is 37.9 Å². The predicted octanol–water partition coefficient (Wildman–Crippen LogP) is 4.79. The molecule has 2 heterocycles. The Balaban J connectivity index is 1.27. The number of benzene rings is 6. The van der Waals surface area contributed by atoms with Crippen molar-refractivity contribution in [2.75, 3.05) is 4.90 Å². The first-order valence-corrected chi connectivity index (χ1v) is 18.9. The minimum Gasteiger partial charge on any atom is -0.383 e. The van der Waals surface area contributed by atoms with E-state index in [4.69, 9.17) is 54.9 Å². The molecule has 0 amide bonds. The Morgan fingerprint density at radius 1 is 0.696 bits per heavy atom. The summed E-state index contributed by atoms with van der Waals surface area (Å²) in [6, 6.07) is 41.8. The van der Waals surface area contributed by atoms with Crippen LogP contribution in [0.3, 0.4) is 0 Å². The van der Waals surface area contributed by atoms with Gasteiger partial charge in [0, 0.05) is 39.2 Å². The Kier molecular flexibility index (Phi) is 9.16. The quantitative estimate of drug-likeness (QED) is 0.154. The third kappa shape index (κ3) is 5.94. The highest BCUT2D eigenvalue weighted by Crippen LogP contribution is 2.56. The first-order valence-electron chi connectivity index (χ1n) is 18.9. The molecule has 9 rings (SSSR count). The number of amidine groups is 2. The normalized spacial score (nSPS) is 16.9. The van der Waals surface area contributed by atoms with E-state index in [9.17, 15) is 0 Å². The number of allylic oxidation sites excluding steroid dienone is 2. The molecule has 2 aliphatic rings. The molecule has 258 valence electrons. The first-order chi connectivity index (χ1) is 27.2. The van der Waals surface area contributed by atoms with Gasteiger partial charge in [-0.25, -0.2) is 9.98 Å². The lowest BCUT2D eigenvalue weighted by atomic mass is 9.60. The van der Waals surface area contributed by atoms with Gasteiger partial charge in [-0.3, -0.25) is 0 Å². The maximum atomic E-state index is 6.63. The van der Waals surface area contributed by atoms with Gasteiger partial charge in [-0.05, 0) is 53.6 Å². The lowest BCUT2D eigenvalue weighted by molar-refractivity contribution is 0.479. The van der Waals surface area contributed by atoms with Crippen LogP contribution in [0.1, 0.15) is 42.4 Å². The summed E-state index contributed by atoms with van der Waals surface area (Å²) in [6.07, 6.45) is 4.52. The van der Waals surface area contributed by atoms with E-state index in [2.05, 4.69) is 107 Å². The Labute approximate surface area is 334 Å². The van der Waals surface area contributed by atoms with Crippen molar-refractivity contribution in [3.05, 3.63) is 150 Å². The molecule has 10 radical (unpaired) electrons. The van der Waals surface area contributed by atoms with Gasteiger partial charge in [-0.2, -0.15) is 0 Å². The Bertz CT molecular complexity index is 2730. The van der Waals surface area contributed by atoms with Gasteiger partial charge in [0.25, 0.3) is 0 Å². The highest BCUT2D eigenvalue weighted by atomic mass is 15.2. The number of anilines is 2. The van der Waals surface area contributed by atoms with Crippen LogP contribution in [0.4, 0.5) is 11.4 Å². The number of hydrogen-bond donors (Lipinski definition) is 1. The summed E-state index contributed by atoms with van der Waals surface area (Å²) < 4.78 is 2.25. The average Bonchev–Trinajstić information content (AvgIpc) is 3.74. The number of aliphatic imine (C=N–C) groups is 2. The number of fused-ring (bicyclic) bond motifs is 7. The van der Waals surface area contributed by atoms with Crippen molar-refractivity contribution < 1.29 is 0 Å². The molecule has 7 aromatic rings. The van der Waals surface area contributed by atoms with E-state index < -0.39 is 0 Å². The second-order valence-corrected chi connectivity index (χ2v) is 14.8. The summed E-state index contributed by atoms with van der Waals surface area (Å²) in [5.41, 5.74) is 17.6. The zero-order valence-corrected chi connectivity index (χ0v) is 31.2. The molecule has 2 atom stereocenters. The molecule has 1 aliphatic heterocycles. The van der Waals surface area contributed by atoms with E-state index in [1.807, 2.05) is 36.4 Å². The van der Waals surface area contributed by atoms with Crippen LogP contribution >= 0.6 is 0 Å². The van der Waals surface area contributed by atoms with Gasteiger partial charge in [-0.1, -0.05) is 127 Å². The van der Waals surface area contributed by atoms with E-state index in [1.165, 1.54) is 22.4 Å². The summed E-state index contributed by atoms with van der Waals surface area (Å²) in [5.74, 6) is 1.25. The maximum absolute atomic E-state index is 6.63. The Morgan fingerprint density at radius 3 is 2.04 bits per heavy atom. The number of hydrogen-bond acceptors (Lipinski definition) is 2. The minimum atomic E-state index is 0.113. The van der Waals surface area contributed by atoms with Crippen molar-refractivity contribution in [1.82, 2.24) is 4.57 Å². The standard InChI is InChI=1S/C46H34B5N5/c1-26-16-23-36-34(24-26)33-22-21-32-31-14-8-9-15-35(31)55(43(32)44(33)56(36)30-19-17-28(18-20-30)27-10-4-2-5-11-27)25-53-46(54-45(52)29-12-6-3-7-13-29)37-38(47)40(49)42(51)41(50)39(37)48/h2-15,17-23,26,34H,16,24-25H2,1H3,(H2,52,53,54). The van der Waals surface area contributed by atoms with E-state index >= 15 is 0 Å². The average molecular weight is 711 g/mol. The Morgan fingerprint density at radius 2 is 1.32 bits per heavy atom. The smallest absolute Gasteiger partial charge is 0.157 e. The van der Waals surface area contributed by atoms with Crippen LogP contribution in [0, 0.1) is 5.92 Å². The fourth-order valence-corrected chi connectivity index (χ4v) is 8.45. The highest BCUT2D eigenvalue weighted by Gasteiger charge is 2.39. The molecule has 6 aromatic carbocycles. The van der Waals surface area contributed by atoms with Gasteiger partial charge in [0.1, 0.15) is 51.7 Å². The second kappa shape index (κ2) is 14.3. The summed E-state index contributed by atoms with van der Waals surface area (Å²) in [7, 11) is 32.2. The van der Waals surface area contributed by atoms with Crippen LogP contribution in [0.2, 0.25) is 0 Å². The van der Waals surface area contributed by atoms with E-state index in [1.54, 1.807) is 0 Å². The van der Waals surface area contributed by atoms with E-state index in [0.717, 1.165) is 46.0 Å². The van der Waals surface area contributed by atoms with Crippen LogP contribution in [0.15, 0.2) is 143 Å². The Hall–Kier alpha value is -5.88. The molecule has 10 heteroatoms. The fourth-order valence-electron chi connectivity index (χ4n) is 8.45. The maximum Gasteiger partial charge on any atom is 0.157 e. The van der Waals surface area contributed by atoms with E-state index in [-0.39, 0.29) is 57.1 Å². The zero-order chi connectivity index (χ0) is 38.7. The summed E-state index contributed by atoms with van der Waals surface area (Å²) in [5, 5.41) is 2.24. The largest absolute Gasteiger partial charge is 0.383 e. The highest BCUT2D eigenvalue weighted by molar-refractivity contribution is 6.68. The summed E-state index contributed by atoms with van der Waals surface area (Å²) >= 11 is 0. The van der Waals surface area contributed by atoms with Gasteiger partial charge in [0.2, 0.25) is 0 Å². The number of rotatable bonds is 6. The predicted molar refractivity (Wildman–Crippen MR) is 240 cm³/mol. The zero-order valence-electron chi connectivity index (χ0n) is 31.2. The van der Waals surface area contributed by atoms with Crippen molar-refractivity contribution in [3.63, 3.8) is 0 Å². The van der Waals surface area contributed by atoms with Crippen molar-refractivity contribution in [1.29, 1.82) is 0 Å². The lowest BCUT2D eigenvalue weighted by Gasteiger charge is -2.29. The third-order valence-electron chi connectivity index (χ3n) is 11.3. The molecule has 0 spiro atoms. The topological polar surface area (TPSA) is 58.9 Å². The summed E-state index contributed by atoms with van der Waals surface area (Å²) in [4.78, 5) is 12.5. The fraction of sp³-hybridized carbons (Fsp3) is 0.130. The molecule has 0 fully saturated rings. The second-order valence-electron chi connectivity index (χ2n) is 14.8. The first kappa shape index (κ1) is 35.8. The number of nitrogens with two attached hydrogens (primary N) is 1. The molecule has 1 aliphatic carbocycles. The van der Waals surface area contributed by atoms with Crippen molar-refractivity contribution in [3.8, 4) is 11.1 Å². The van der Waals surface area contributed by atoms with Crippen molar-refractivity contribution in [2.24, 2.45) is 21.6 Å². The molecule has 0 bridgehead atoms. The summed E-state index contributed by atoms with van der Waals surface area (Å²) in [6.45, 7) is 2.50. The van der Waals surface area contributed by atoms with Crippen molar-refractivity contribution in [2.45, 2.75) is 32.4 Å².